The van der Waals surface area contributed by atoms with Crippen LogP contribution in [0, 0.1) is 13.8 Å². The van der Waals surface area contributed by atoms with Gasteiger partial charge in [-0.1, -0.05) is 77.3 Å². The molecular formula is C29H21Cl3N5O3-. The van der Waals surface area contributed by atoms with Gasteiger partial charge in [0, 0.05) is 22.9 Å². The summed E-state index contributed by atoms with van der Waals surface area (Å²) in [7, 11) is 1.59. The van der Waals surface area contributed by atoms with E-state index in [0.717, 1.165) is 4.68 Å². The maximum Gasteiger partial charge on any atom is 0.282 e. The third kappa shape index (κ3) is 4.75. The van der Waals surface area contributed by atoms with Gasteiger partial charge in [-0.25, -0.2) is 4.68 Å². The highest BCUT2D eigenvalue weighted by molar-refractivity contribution is 6.40. The van der Waals surface area contributed by atoms with Crippen LogP contribution in [0.15, 0.2) is 70.6 Å². The minimum Gasteiger partial charge on any atom is -0.858 e. The average Bonchev–Trinajstić information content (AvgIpc) is 3.40. The Kier molecular flexibility index (Phi) is 7.42. The second-order valence-corrected chi connectivity index (χ2v) is 10.2. The molecular weight excluding hydrogens is 573 g/mol. The largest absolute Gasteiger partial charge is 0.858 e. The summed E-state index contributed by atoms with van der Waals surface area (Å²) in [4.78, 5) is 26.3. The molecule has 0 spiro atoms. The van der Waals surface area contributed by atoms with Crippen LogP contribution in [-0.2, 0) is 7.05 Å². The summed E-state index contributed by atoms with van der Waals surface area (Å²) in [5.74, 6) is -0.699. The summed E-state index contributed by atoms with van der Waals surface area (Å²) in [6.07, 6.45) is 8.23. The highest BCUT2D eigenvalue weighted by atomic mass is 35.5. The van der Waals surface area contributed by atoms with Gasteiger partial charge in [0.15, 0.2) is 5.49 Å². The quantitative estimate of drug-likeness (QED) is 0.319. The molecule has 0 saturated heterocycles. The summed E-state index contributed by atoms with van der Waals surface area (Å²) in [5.41, 5.74) is 2.64. The number of para-hydroxylation sites is 1. The summed E-state index contributed by atoms with van der Waals surface area (Å²) in [6, 6.07) is 12.0. The lowest BCUT2D eigenvalue weighted by atomic mass is 10.1. The van der Waals surface area contributed by atoms with Crippen molar-refractivity contribution in [2.24, 2.45) is 12.1 Å². The highest BCUT2D eigenvalue weighted by Crippen LogP contribution is 2.35. The maximum absolute atomic E-state index is 13.2. The van der Waals surface area contributed by atoms with Crippen molar-refractivity contribution in [3.05, 3.63) is 119 Å². The number of fused-ring (bicyclic) bond motifs is 1. The second-order valence-electron chi connectivity index (χ2n) is 9.00. The van der Waals surface area contributed by atoms with Gasteiger partial charge in [-0.15, -0.1) is 5.10 Å². The first-order valence-electron chi connectivity index (χ1n) is 12.0. The Morgan fingerprint density at radius 1 is 0.950 bits per heavy atom. The van der Waals surface area contributed by atoms with Crippen LogP contribution in [0.4, 0.5) is 5.69 Å². The number of allylic oxidation sites excluding steroid dienone is 3. The van der Waals surface area contributed by atoms with E-state index in [4.69, 9.17) is 34.8 Å². The lowest BCUT2D eigenvalue weighted by Crippen LogP contribution is -2.44. The van der Waals surface area contributed by atoms with Crippen LogP contribution < -0.4 is 26.4 Å². The van der Waals surface area contributed by atoms with Crippen molar-refractivity contribution < 1.29 is 9.90 Å². The van der Waals surface area contributed by atoms with Crippen molar-refractivity contribution in [1.82, 2.24) is 14.3 Å². The topological polar surface area (TPSA) is 95.5 Å². The van der Waals surface area contributed by atoms with Crippen LogP contribution in [0.25, 0.3) is 17.8 Å². The van der Waals surface area contributed by atoms with E-state index < -0.39 is 5.88 Å². The number of anilines is 1. The van der Waals surface area contributed by atoms with Crippen LogP contribution in [0.3, 0.4) is 0 Å². The molecule has 202 valence electrons. The van der Waals surface area contributed by atoms with Gasteiger partial charge >= 0.3 is 0 Å². The molecule has 0 unspecified atom stereocenters. The molecule has 0 saturated carbocycles. The zero-order valence-electron chi connectivity index (χ0n) is 21.5. The van der Waals surface area contributed by atoms with Crippen molar-refractivity contribution in [2.45, 2.75) is 13.8 Å². The van der Waals surface area contributed by atoms with E-state index in [0.29, 0.717) is 43.8 Å². The first-order chi connectivity index (χ1) is 19.1. The van der Waals surface area contributed by atoms with E-state index in [-0.39, 0.29) is 27.2 Å². The summed E-state index contributed by atoms with van der Waals surface area (Å²) in [6.45, 7) is 3.43. The number of carbonyl (C=O) groups excluding carboxylic acids is 1. The number of aryl methyl sites for hydroxylation is 1. The number of carbonyl (C=O) groups is 1. The Hall–Kier alpha value is -4.11. The first-order valence-corrected chi connectivity index (χ1v) is 13.2. The maximum atomic E-state index is 13.2. The third-order valence-electron chi connectivity index (χ3n) is 6.46. The average molecular weight is 594 g/mol. The fourth-order valence-corrected chi connectivity index (χ4v) is 5.41. The normalized spacial score (nSPS) is 13.6. The van der Waals surface area contributed by atoms with Gasteiger partial charge in [-0.2, -0.15) is 10.1 Å². The third-order valence-corrected chi connectivity index (χ3v) is 7.26. The van der Waals surface area contributed by atoms with Gasteiger partial charge in [0.25, 0.3) is 11.5 Å². The highest BCUT2D eigenvalue weighted by Gasteiger charge is 2.29. The number of nitrogens with zero attached hydrogens (tertiary/aromatic N) is 5. The number of hydrogen-bond donors (Lipinski definition) is 0. The van der Waals surface area contributed by atoms with E-state index in [9.17, 15) is 14.7 Å². The lowest BCUT2D eigenvalue weighted by molar-refractivity contribution is -0.278. The molecule has 5 rings (SSSR count). The standard InChI is InChI=1S/C29H22Cl3N5O3/c1-16-20(27(38)35(3)26-24(16)29(40)36(34-26)19-10-6-4-7-11-19)12-8-5-9-13-21-17(2)33-37(28(21)39)25-22(31)14-18(30)15-23(25)32/h4-15,39H,1-3H3/p-1/b8-5?,13-9?,20-12+. The molecule has 40 heavy (non-hydrogen) atoms. The molecule has 3 heterocycles. The molecule has 4 aromatic rings. The summed E-state index contributed by atoms with van der Waals surface area (Å²) in [5, 5.41) is 24.2. The monoisotopic (exact) mass is 592 g/mol. The SMILES string of the molecule is Cc1nn(-c2c(Cl)cc(Cl)cc2Cl)c([O-])c1C=CC=C/C=c1\c(C)c2c(n(C)c1=O)=NN(c1ccccc1)C2=O. The van der Waals surface area contributed by atoms with Gasteiger partial charge in [-0.3, -0.25) is 14.2 Å². The van der Waals surface area contributed by atoms with Crippen LogP contribution in [0.2, 0.25) is 15.1 Å². The predicted molar refractivity (Wildman–Crippen MR) is 156 cm³/mol. The fraction of sp³-hybridized carbons (Fsp3) is 0.103. The van der Waals surface area contributed by atoms with E-state index in [1.807, 2.05) is 18.2 Å². The van der Waals surface area contributed by atoms with Crippen LogP contribution in [0.5, 0.6) is 5.88 Å². The number of benzene rings is 2. The van der Waals surface area contributed by atoms with Crippen LogP contribution >= 0.6 is 34.8 Å². The molecule has 2 aromatic heterocycles. The van der Waals surface area contributed by atoms with Crippen molar-refractivity contribution in [3.8, 4) is 11.6 Å². The predicted octanol–water partition coefficient (Wildman–Crippen LogP) is 4.47. The first kappa shape index (κ1) is 27.5. The number of pyridine rings is 1. The number of rotatable bonds is 5. The van der Waals surface area contributed by atoms with Gasteiger partial charge in [0.2, 0.25) is 0 Å². The number of amides is 1. The smallest absolute Gasteiger partial charge is 0.282 e. The molecule has 0 fully saturated rings. The molecule has 1 amide bonds. The van der Waals surface area contributed by atoms with Crippen LogP contribution in [0.1, 0.15) is 27.2 Å². The van der Waals surface area contributed by atoms with Crippen molar-refractivity contribution in [2.75, 3.05) is 5.01 Å². The second kappa shape index (κ2) is 10.8. The molecule has 0 N–H and O–H groups in total. The molecule has 2 aromatic carbocycles. The Bertz CT molecular complexity index is 1900. The molecule has 11 heteroatoms. The zero-order chi connectivity index (χ0) is 28.7. The van der Waals surface area contributed by atoms with Gasteiger partial charge in [0.1, 0.15) is 5.69 Å². The number of hydrogen-bond acceptors (Lipinski definition) is 5. The Morgan fingerprint density at radius 3 is 2.30 bits per heavy atom. The van der Waals surface area contributed by atoms with Gasteiger partial charge in [-0.05, 0) is 55.6 Å². The zero-order valence-corrected chi connectivity index (χ0v) is 23.8. The van der Waals surface area contributed by atoms with E-state index in [2.05, 4.69) is 10.2 Å². The molecule has 0 aliphatic carbocycles. The van der Waals surface area contributed by atoms with E-state index >= 15 is 0 Å². The van der Waals surface area contributed by atoms with Crippen molar-refractivity contribution >= 4 is 58.5 Å². The number of aromatic nitrogens is 3. The minimum atomic E-state index is -0.397. The van der Waals surface area contributed by atoms with E-state index in [1.165, 1.54) is 21.7 Å². The molecule has 1 aliphatic rings. The Morgan fingerprint density at radius 2 is 1.62 bits per heavy atom. The Labute approximate surface area is 244 Å². The Balaban J connectivity index is 1.45. The van der Waals surface area contributed by atoms with Gasteiger partial charge < -0.3 is 5.11 Å². The molecule has 0 radical (unpaired) electrons. The van der Waals surface area contributed by atoms with Crippen molar-refractivity contribution in [3.63, 3.8) is 0 Å². The number of halogens is 3. The summed E-state index contributed by atoms with van der Waals surface area (Å²) < 4.78 is 2.51. The van der Waals surface area contributed by atoms with E-state index in [1.54, 1.807) is 63.4 Å². The molecule has 0 bridgehead atoms. The lowest BCUT2D eigenvalue weighted by Gasteiger charge is -2.14. The van der Waals surface area contributed by atoms with Gasteiger partial charge in [0.05, 0.1) is 27.0 Å². The molecule has 8 nitrogen and oxygen atoms in total. The fourth-order valence-electron chi connectivity index (χ4n) is 4.43. The molecule has 0 atom stereocenters. The minimum absolute atomic E-state index is 0.201. The van der Waals surface area contributed by atoms with Crippen molar-refractivity contribution in [1.29, 1.82) is 0 Å². The molecule has 1 aliphatic heterocycles. The summed E-state index contributed by atoms with van der Waals surface area (Å²) >= 11 is 18.5. The van der Waals surface area contributed by atoms with Crippen LogP contribution in [-0.4, -0.2) is 20.3 Å².